The number of hydrogen-bond acceptors (Lipinski definition) is 4. The zero-order valence-corrected chi connectivity index (χ0v) is 14.7. The molecule has 3 atom stereocenters. The Balaban J connectivity index is 1.74. The molecule has 24 heavy (non-hydrogen) atoms. The van der Waals surface area contributed by atoms with Crippen LogP contribution in [-0.4, -0.2) is 43.2 Å². The minimum absolute atomic E-state index is 0.0691. The quantitative estimate of drug-likeness (QED) is 0.870. The number of nitrogens with zero attached hydrogens (tertiary/aromatic N) is 1. The highest BCUT2D eigenvalue weighted by atomic mass is 16.5. The van der Waals surface area contributed by atoms with Crippen molar-refractivity contribution in [1.82, 2.24) is 4.90 Å². The van der Waals surface area contributed by atoms with Crippen molar-refractivity contribution in [3.63, 3.8) is 0 Å². The van der Waals surface area contributed by atoms with Crippen molar-refractivity contribution in [3.05, 3.63) is 23.8 Å². The van der Waals surface area contributed by atoms with E-state index in [1.807, 2.05) is 30.0 Å². The van der Waals surface area contributed by atoms with Crippen molar-refractivity contribution in [3.8, 4) is 11.5 Å². The van der Waals surface area contributed by atoms with Gasteiger partial charge in [0.2, 0.25) is 0 Å². The van der Waals surface area contributed by atoms with Gasteiger partial charge in [-0.15, -0.1) is 0 Å². The predicted octanol–water partition coefficient (Wildman–Crippen LogP) is 2.68. The van der Waals surface area contributed by atoms with Crippen LogP contribution in [-0.2, 0) is 0 Å². The molecule has 1 aromatic carbocycles. The van der Waals surface area contributed by atoms with E-state index in [-0.39, 0.29) is 11.9 Å². The fraction of sp³-hybridized carbons (Fsp3) is 0.632. The fourth-order valence-corrected chi connectivity index (χ4v) is 3.90. The number of nitrogens with two attached hydrogens (primary N) is 1. The van der Waals surface area contributed by atoms with Crippen LogP contribution >= 0.6 is 0 Å². The first-order valence-electron chi connectivity index (χ1n) is 9.08. The summed E-state index contributed by atoms with van der Waals surface area (Å²) in [4.78, 5) is 14.8. The van der Waals surface area contributed by atoms with E-state index in [0.29, 0.717) is 42.1 Å². The molecule has 1 aliphatic heterocycles. The lowest BCUT2D eigenvalue weighted by Crippen LogP contribution is -2.33. The van der Waals surface area contributed by atoms with Gasteiger partial charge in [0.25, 0.3) is 5.91 Å². The van der Waals surface area contributed by atoms with Gasteiger partial charge in [-0.2, -0.15) is 0 Å². The normalized spacial score (nSPS) is 25.6. The average Bonchev–Trinajstić information content (AvgIpc) is 3.15. The number of likely N-dealkylation sites (tertiary alicyclic amines) is 1. The molecule has 3 rings (SSSR count). The van der Waals surface area contributed by atoms with Crippen LogP contribution in [0.5, 0.6) is 11.5 Å². The summed E-state index contributed by atoms with van der Waals surface area (Å²) in [6.07, 6.45) is 3.17. The average molecular weight is 332 g/mol. The van der Waals surface area contributed by atoms with Gasteiger partial charge >= 0.3 is 0 Å². The molecule has 1 heterocycles. The maximum Gasteiger partial charge on any atom is 0.254 e. The molecule has 2 N–H and O–H groups in total. The molecule has 1 saturated carbocycles. The number of amides is 1. The third-order valence-electron chi connectivity index (χ3n) is 5.15. The molecule has 5 nitrogen and oxygen atoms in total. The molecule has 0 spiro atoms. The summed E-state index contributed by atoms with van der Waals surface area (Å²) in [5.74, 6) is 2.46. The Morgan fingerprint density at radius 3 is 2.75 bits per heavy atom. The minimum Gasteiger partial charge on any atom is -0.490 e. The second-order valence-corrected chi connectivity index (χ2v) is 6.82. The highest BCUT2D eigenvalue weighted by Gasteiger charge is 2.42. The second kappa shape index (κ2) is 7.43. The molecule has 0 aromatic heterocycles. The summed E-state index contributed by atoms with van der Waals surface area (Å²) in [5, 5.41) is 0. The number of hydrogen-bond donors (Lipinski definition) is 1. The van der Waals surface area contributed by atoms with Crippen LogP contribution in [0.1, 0.15) is 43.5 Å². The van der Waals surface area contributed by atoms with E-state index in [1.165, 1.54) is 0 Å². The van der Waals surface area contributed by atoms with Gasteiger partial charge in [0.15, 0.2) is 11.5 Å². The number of carbonyl (C=O) groups is 1. The number of benzene rings is 1. The summed E-state index contributed by atoms with van der Waals surface area (Å²) in [7, 11) is 0. The van der Waals surface area contributed by atoms with Crippen LogP contribution in [0.4, 0.5) is 0 Å². The van der Waals surface area contributed by atoms with Crippen molar-refractivity contribution < 1.29 is 14.3 Å². The van der Waals surface area contributed by atoms with E-state index < -0.39 is 0 Å². The zero-order chi connectivity index (χ0) is 17.1. The molecule has 1 aromatic rings. The first-order chi connectivity index (χ1) is 11.6. The smallest absolute Gasteiger partial charge is 0.254 e. The first-order valence-corrected chi connectivity index (χ1v) is 9.08. The molecule has 1 saturated heterocycles. The molecular formula is C19H28N2O3. The van der Waals surface area contributed by atoms with Crippen molar-refractivity contribution >= 4 is 5.91 Å². The van der Waals surface area contributed by atoms with Gasteiger partial charge in [0.1, 0.15) is 0 Å². The van der Waals surface area contributed by atoms with Crippen LogP contribution in [0, 0.1) is 11.8 Å². The lowest BCUT2D eigenvalue weighted by atomic mass is 9.98. The van der Waals surface area contributed by atoms with Gasteiger partial charge in [-0.3, -0.25) is 4.79 Å². The van der Waals surface area contributed by atoms with Crippen molar-refractivity contribution in [2.24, 2.45) is 17.6 Å². The first kappa shape index (κ1) is 17.1. The molecule has 5 heteroatoms. The zero-order valence-electron chi connectivity index (χ0n) is 14.7. The standard InChI is InChI=1S/C19H28N2O3/c1-3-9-24-17-8-6-13(10-18(17)23-4-2)19(22)21-11-14-5-7-16(20)15(14)12-21/h6,8,10,14-16H,3-5,7,9,11-12,20H2,1-2H3. The summed E-state index contributed by atoms with van der Waals surface area (Å²) in [6.45, 7) is 6.79. The Kier molecular flexibility index (Phi) is 5.29. The Bertz CT molecular complexity index is 590. The monoisotopic (exact) mass is 332 g/mol. The third kappa shape index (κ3) is 3.36. The van der Waals surface area contributed by atoms with Crippen LogP contribution in [0.25, 0.3) is 0 Å². The van der Waals surface area contributed by atoms with E-state index in [2.05, 4.69) is 6.92 Å². The van der Waals surface area contributed by atoms with Gasteiger partial charge in [0.05, 0.1) is 13.2 Å². The van der Waals surface area contributed by atoms with Crippen LogP contribution in [0.15, 0.2) is 18.2 Å². The SMILES string of the molecule is CCCOc1ccc(C(=O)N2CC3CCC(N)C3C2)cc1OCC. The summed E-state index contributed by atoms with van der Waals surface area (Å²) in [5.41, 5.74) is 6.84. The summed E-state index contributed by atoms with van der Waals surface area (Å²) in [6, 6.07) is 5.74. The molecule has 132 valence electrons. The lowest BCUT2D eigenvalue weighted by Gasteiger charge is -2.20. The van der Waals surface area contributed by atoms with Gasteiger partial charge < -0.3 is 20.1 Å². The Morgan fingerprint density at radius 1 is 1.21 bits per heavy atom. The minimum atomic E-state index is 0.0691. The lowest BCUT2D eigenvalue weighted by molar-refractivity contribution is 0.0779. The number of carbonyl (C=O) groups excluding carboxylic acids is 1. The van der Waals surface area contributed by atoms with Gasteiger partial charge in [-0.1, -0.05) is 6.92 Å². The van der Waals surface area contributed by atoms with Gasteiger partial charge in [-0.25, -0.2) is 0 Å². The third-order valence-corrected chi connectivity index (χ3v) is 5.15. The second-order valence-electron chi connectivity index (χ2n) is 6.82. The fourth-order valence-electron chi connectivity index (χ4n) is 3.90. The van der Waals surface area contributed by atoms with Gasteiger partial charge in [-0.05, 0) is 56.2 Å². The topological polar surface area (TPSA) is 64.8 Å². The van der Waals surface area contributed by atoms with Gasteiger partial charge in [0, 0.05) is 24.7 Å². The maximum absolute atomic E-state index is 12.9. The van der Waals surface area contributed by atoms with E-state index in [0.717, 1.165) is 32.4 Å². The maximum atomic E-state index is 12.9. The Morgan fingerprint density at radius 2 is 2.04 bits per heavy atom. The number of rotatable bonds is 6. The summed E-state index contributed by atoms with van der Waals surface area (Å²) < 4.78 is 11.4. The largest absolute Gasteiger partial charge is 0.490 e. The molecule has 3 unspecified atom stereocenters. The van der Waals surface area contributed by atoms with E-state index in [1.54, 1.807) is 0 Å². The van der Waals surface area contributed by atoms with E-state index in [4.69, 9.17) is 15.2 Å². The molecule has 2 fully saturated rings. The Hall–Kier alpha value is -1.75. The Labute approximate surface area is 144 Å². The van der Waals surface area contributed by atoms with Crippen LogP contribution < -0.4 is 15.2 Å². The van der Waals surface area contributed by atoms with Crippen molar-refractivity contribution in [1.29, 1.82) is 0 Å². The molecule has 0 bridgehead atoms. The van der Waals surface area contributed by atoms with Crippen molar-refractivity contribution in [2.45, 2.75) is 39.2 Å². The summed E-state index contributed by atoms with van der Waals surface area (Å²) >= 11 is 0. The molecule has 0 radical (unpaired) electrons. The van der Waals surface area contributed by atoms with Crippen molar-refractivity contribution in [2.75, 3.05) is 26.3 Å². The highest BCUT2D eigenvalue weighted by Crippen LogP contribution is 2.38. The molecule has 1 aliphatic carbocycles. The number of ether oxygens (including phenoxy) is 2. The molecule has 2 aliphatic rings. The van der Waals surface area contributed by atoms with E-state index >= 15 is 0 Å². The molecule has 1 amide bonds. The van der Waals surface area contributed by atoms with E-state index in [9.17, 15) is 4.79 Å². The van der Waals surface area contributed by atoms with Crippen LogP contribution in [0.2, 0.25) is 0 Å². The molecular weight excluding hydrogens is 304 g/mol. The number of fused-ring (bicyclic) bond motifs is 1. The van der Waals surface area contributed by atoms with Crippen LogP contribution in [0.3, 0.4) is 0 Å². The highest BCUT2D eigenvalue weighted by molar-refractivity contribution is 5.95. The predicted molar refractivity (Wildman–Crippen MR) is 93.5 cm³/mol.